The second-order valence-electron chi connectivity index (χ2n) is 4.37. The van der Waals surface area contributed by atoms with E-state index in [4.69, 9.17) is 27.4 Å². The van der Waals surface area contributed by atoms with E-state index in [9.17, 15) is 4.39 Å². The average molecular weight is 269 g/mol. The van der Waals surface area contributed by atoms with Crippen molar-refractivity contribution in [2.75, 3.05) is 6.61 Å². The second-order valence-corrected chi connectivity index (χ2v) is 4.84. The molecule has 5 heteroatoms. The van der Waals surface area contributed by atoms with Crippen LogP contribution in [0.3, 0.4) is 0 Å². The van der Waals surface area contributed by atoms with Crippen molar-refractivity contribution in [2.24, 2.45) is 5.73 Å². The minimum Gasteiger partial charge on any atom is -0.391 e. The van der Waals surface area contributed by atoms with Gasteiger partial charge in [-0.1, -0.05) is 24.4 Å². The van der Waals surface area contributed by atoms with E-state index >= 15 is 0 Å². The summed E-state index contributed by atoms with van der Waals surface area (Å²) < 4.78 is 23.9. The zero-order valence-corrected chi connectivity index (χ0v) is 10.8. The lowest BCUT2D eigenvalue weighted by Crippen LogP contribution is -2.27. The maximum Gasteiger partial charge on any atom is 0.123 e. The fraction of sp³-hybridized carbons (Fsp3) is 0.462. The monoisotopic (exact) mass is 269 g/mol. The molecule has 1 aliphatic heterocycles. The van der Waals surface area contributed by atoms with E-state index in [1.54, 1.807) is 12.1 Å². The van der Waals surface area contributed by atoms with Gasteiger partial charge in [-0.3, -0.25) is 0 Å². The quantitative estimate of drug-likeness (QED) is 0.832. The Labute approximate surface area is 111 Å². The highest BCUT2D eigenvalue weighted by molar-refractivity contribution is 7.80. The molecule has 1 heterocycles. The van der Waals surface area contributed by atoms with Crippen LogP contribution in [0.1, 0.15) is 18.4 Å². The fourth-order valence-electron chi connectivity index (χ4n) is 1.93. The molecular formula is C13H16FNO2S. The van der Waals surface area contributed by atoms with Gasteiger partial charge in [0.25, 0.3) is 0 Å². The van der Waals surface area contributed by atoms with Crippen LogP contribution < -0.4 is 5.73 Å². The van der Waals surface area contributed by atoms with Gasteiger partial charge in [-0.2, -0.15) is 0 Å². The zero-order chi connectivity index (χ0) is 13.0. The van der Waals surface area contributed by atoms with Crippen LogP contribution in [0.2, 0.25) is 0 Å². The Morgan fingerprint density at radius 2 is 2.11 bits per heavy atom. The van der Waals surface area contributed by atoms with Crippen LogP contribution in [0.4, 0.5) is 4.39 Å². The molecule has 2 N–H and O–H groups in total. The SMILES string of the molecule is NC(=S)[C@H]1CC[C@@H](COCc2ccc(F)cc2)O1. The first-order chi connectivity index (χ1) is 8.65. The van der Waals surface area contributed by atoms with E-state index in [0.717, 1.165) is 18.4 Å². The topological polar surface area (TPSA) is 44.5 Å². The number of hydrogen-bond acceptors (Lipinski definition) is 3. The Morgan fingerprint density at radius 1 is 1.39 bits per heavy atom. The van der Waals surface area contributed by atoms with Gasteiger partial charge in [0.1, 0.15) is 16.9 Å². The second kappa shape index (κ2) is 6.22. The molecule has 1 fully saturated rings. The van der Waals surface area contributed by atoms with Crippen LogP contribution in [0.15, 0.2) is 24.3 Å². The summed E-state index contributed by atoms with van der Waals surface area (Å²) in [5, 5.41) is 0. The maximum absolute atomic E-state index is 12.7. The van der Waals surface area contributed by atoms with Crippen molar-refractivity contribution in [1.29, 1.82) is 0 Å². The molecule has 0 amide bonds. The number of hydrogen-bond donors (Lipinski definition) is 1. The van der Waals surface area contributed by atoms with Crippen molar-refractivity contribution < 1.29 is 13.9 Å². The molecule has 2 rings (SSSR count). The smallest absolute Gasteiger partial charge is 0.123 e. The molecule has 0 radical (unpaired) electrons. The van der Waals surface area contributed by atoms with Crippen molar-refractivity contribution in [1.82, 2.24) is 0 Å². The summed E-state index contributed by atoms with van der Waals surface area (Å²) in [6.07, 6.45) is 1.71. The number of rotatable bonds is 5. The summed E-state index contributed by atoms with van der Waals surface area (Å²) in [6, 6.07) is 6.27. The zero-order valence-electron chi connectivity index (χ0n) is 9.97. The van der Waals surface area contributed by atoms with E-state index in [2.05, 4.69) is 0 Å². The first-order valence-electron chi connectivity index (χ1n) is 5.92. The molecule has 0 aromatic heterocycles. The van der Waals surface area contributed by atoms with Crippen LogP contribution in [0.5, 0.6) is 0 Å². The van der Waals surface area contributed by atoms with Gasteiger partial charge in [0.2, 0.25) is 0 Å². The molecule has 0 bridgehead atoms. The first-order valence-corrected chi connectivity index (χ1v) is 6.33. The summed E-state index contributed by atoms with van der Waals surface area (Å²) in [5.41, 5.74) is 6.47. The minimum atomic E-state index is -0.239. The summed E-state index contributed by atoms with van der Waals surface area (Å²) in [6.45, 7) is 0.967. The van der Waals surface area contributed by atoms with Gasteiger partial charge in [-0.05, 0) is 30.5 Å². The lowest BCUT2D eigenvalue weighted by molar-refractivity contribution is -0.00198. The van der Waals surface area contributed by atoms with Gasteiger partial charge in [0.15, 0.2) is 0 Å². The predicted molar refractivity (Wildman–Crippen MR) is 70.7 cm³/mol. The molecular weight excluding hydrogens is 253 g/mol. The molecule has 0 spiro atoms. The van der Waals surface area contributed by atoms with E-state index in [1.807, 2.05) is 0 Å². The van der Waals surface area contributed by atoms with Crippen LogP contribution in [0.25, 0.3) is 0 Å². The predicted octanol–water partition coefficient (Wildman–Crippen LogP) is 2.18. The average Bonchev–Trinajstić information content (AvgIpc) is 2.81. The van der Waals surface area contributed by atoms with Crippen LogP contribution in [0, 0.1) is 5.82 Å². The van der Waals surface area contributed by atoms with Gasteiger partial charge in [0, 0.05) is 0 Å². The Balaban J connectivity index is 1.70. The highest BCUT2D eigenvalue weighted by Gasteiger charge is 2.26. The molecule has 1 saturated heterocycles. The maximum atomic E-state index is 12.7. The molecule has 0 saturated carbocycles. The Hall–Kier alpha value is -1.04. The molecule has 1 aromatic carbocycles. The van der Waals surface area contributed by atoms with E-state index in [0.29, 0.717) is 18.2 Å². The summed E-state index contributed by atoms with van der Waals surface area (Å²) in [5.74, 6) is -0.239. The van der Waals surface area contributed by atoms with Gasteiger partial charge in [-0.15, -0.1) is 0 Å². The largest absolute Gasteiger partial charge is 0.391 e. The number of halogens is 1. The molecule has 1 aliphatic rings. The van der Waals surface area contributed by atoms with Crippen LogP contribution >= 0.6 is 12.2 Å². The summed E-state index contributed by atoms with van der Waals surface area (Å²) >= 11 is 4.89. The molecule has 2 atom stereocenters. The molecule has 18 heavy (non-hydrogen) atoms. The Kier molecular flexibility index (Phi) is 4.63. The number of ether oxygens (including phenoxy) is 2. The molecule has 1 aromatic rings. The first kappa shape index (κ1) is 13.4. The third kappa shape index (κ3) is 3.73. The highest BCUT2D eigenvalue weighted by Crippen LogP contribution is 2.20. The standard InChI is InChI=1S/C13H16FNO2S/c14-10-3-1-9(2-4-10)7-16-8-11-5-6-12(17-11)13(15)18/h1-4,11-12H,5-8H2,(H2,15,18)/t11-,12+/m0/s1. The number of benzene rings is 1. The van der Waals surface area contributed by atoms with Gasteiger partial charge in [-0.25, -0.2) is 4.39 Å². The number of nitrogens with two attached hydrogens (primary N) is 1. The fourth-order valence-corrected chi connectivity index (χ4v) is 2.10. The molecule has 98 valence electrons. The van der Waals surface area contributed by atoms with E-state index < -0.39 is 0 Å². The lowest BCUT2D eigenvalue weighted by atomic mass is 10.2. The molecule has 0 unspecified atom stereocenters. The van der Waals surface area contributed by atoms with Crippen LogP contribution in [-0.4, -0.2) is 23.8 Å². The van der Waals surface area contributed by atoms with Gasteiger partial charge < -0.3 is 15.2 Å². The third-order valence-electron chi connectivity index (χ3n) is 2.91. The van der Waals surface area contributed by atoms with Crippen LogP contribution in [-0.2, 0) is 16.1 Å². The Bertz CT molecular complexity index is 410. The normalized spacial score (nSPS) is 23.2. The van der Waals surface area contributed by atoms with Crippen molar-refractivity contribution in [3.05, 3.63) is 35.6 Å². The van der Waals surface area contributed by atoms with E-state index in [1.165, 1.54) is 12.1 Å². The van der Waals surface area contributed by atoms with Gasteiger partial charge in [0.05, 0.1) is 19.3 Å². The van der Waals surface area contributed by atoms with Crippen molar-refractivity contribution >= 4 is 17.2 Å². The van der Waals surface area contributed by atoms with Crippen molar-refractivity contribution in [3.63, 3.8) is 0 Å². The molecule has 3 nitrogen and oxygen atoms in total. The highest BCUT2D eigenvalue weighted by atomic mass is 32.1. The van der Waals surface area contributed by atoms with Crippen molar-refractivity contribution in [2.45, 2.75) is 31.7 Å². The summed E-state index contributed by atoms with van der Waals surface area (Å²) in [7, 11) is 0. The minimum absolute atomic E-state index is 0.0527. The van der Waals surface area contributed by atoms with Gasteiger partial charge >= 0.3 is 0 Å². The van der Waals surface area contributed by atoms with Crippen molar-refractivity contribution in [3.8, 4) is 0 Å². The lowest BCUT2D eigenvalue weighted by Gasteiger charge is -2.13. The number of thiocarbonyl (C=S) groups is 1. The Morgan fingerprint density at radius 3 is 2.72 bits per heavy atom. The third-order valence-corrected chi connectivity index (χ3v) is 3.17. The molecule has 0 aliphatic carbocycles. The van der Waals surface area contributed by atoms with E-state index in [-0.39, 0.29) is 18.0 Å². The summed E-state index contributed by atoms with van der Waals surface area (Å²) in [4.78, 5) is 0.413.